The molecule has 23 heavy (non-hydrogen) atoms. The number of carboxylic acids is 1. The Morgan fingerprint density at radius 1 is 1.39 bits per heavy atom. The van der Waals surface area contributed by atoms with Gasteiger partial charge in [-0.15, -0.1) is 22.7 Å². The van der Waals surface area contributed by atoms with Crippen LogP contribution in [-0.4, -0.2) is 26.0 Å². The summed E-state index contributed by atoms with van der Waals surface area (Å²) in [6.45, 7) is 4.49. The molecule has 0 amide bonds. The number of aryl methyl sites for hydroxylation is 2. The van der Waals surface area contributed by atoms with E-state index in [4.69, 9.17) is 0 Å². The Bertz CT molecular complexity index is 856. The first-order valence-corrected chi connectivity index (χ1v) is 8.94. The number of carboxylic acid groups (broad SMARTS) is 1. The lowest BCUT2D eigenvalue weighted by Crippen LogP contribution is -2.03. The largest absolute Gasteiger partial charge is 0.477 e. The number of thiophene rings is 1. The van der Waals surface area contributed by atoms with Crippen LogP contribution in [0, 0.1) is 6.92 Å². The SMILES string of the molecule is CCCc1nc(CNc2ncnc3sc(C(=O)O)c(C)c23)cs1. The smallest absolute Gasteiger partial charge is 0.346 e. The van der Waals surface area contributed by atoms with E-state index in [2.05, 4.69) is 27.2 Å². The van der Waals surface area contributed by atoms with E-state index >= 15 is 0 Å². The van der Waals surface area contributed by atoms with Crippen LogP contribution in [0.2, 0.25) is 0 Å². The molecule has 3 rings (SSSR count). The van der Waals surface area contributed by atoms with Gasteiger partial charge in [-0.1, -0.05) is 6.92 Å². The van der Waals surface area contributed by atoms with Crippen LogP contribution in [0.5, 0.6) is 0 Å². The predicted octanol–water partition coefficient (Wildman–Crippen LogP) is 3.72. The second-order valence-corrected chi connectivity index (χ2v) is 7.04. The third-order valence-corrected chi connectivity index (χ3v) is 5.57. The number of hydrogen-bond acceptors (Lipinski definition) is 7. The molecule has 0 aromatic carbocycles. The molecule has 0 atom stereocenters. The molecule has 3 aromatic rings. The maximum absolute atomic E-state index is 11.3. The van der Waals surface area contributed by atoms with Gasteiger partial charge >= 0.3 is 5.97 Å². The predicted molar refractivity (Wildman–Crippen MR) is 92.5 cm³/mol. The van der Waals surface area contributed by atoms with Gasteiger partial charge in [0.15, 0.2) is 0 Å². The molecule has 6 nitrogen and oxygen atoms in total. The monoisotopic (exact) mass is 348 g/mol. The van der Waals surface area contributed by atoms with Crippen molar-refractivity contribution in [1.82, 2.24) is 15.0 Å². The Hall–Kier alpha value is -2.06. The summed E-state index contributed by atoms with van der Waals surface area (Å²) in [6, 6.07) is 0. The van der Waals surface area contributed by atoms with Crippen molar-refractivity contribution in [2.24, 2.45) is 0 Å². The van der Waals surface area contributed by atoms with Crippen molar-refractivity contribution in [3.05, 3.63) is 32.8 Å². The summed E-state index contributed by atoms with van der Waals surface area (Å²) in [5.41, 5.74) is 1.67. The van der Waals surface area contributed by atoms with Crippen molar-refractivity contribution >= 4 is 44.7 Å². The lowest BCUT2D eigenvalue weighted by molar-refractivity contribution is 0.0701. The quantitative estimate of drug-likeness (QED) is 0.706. The average molecular weight is 348 g/mol. The minimum atomic E-state index is -0.930. The first-order valence-electron chi connectivity index (χ1n) is 7.24. The molecule has 3 heterocycles. The number of fused-ring (bicyclic) bond motifs is 1. The Morgan fingerprint density at radius 3 is 2.96 bits per heavy atom. The minimum Gasteiger partial charge on any atom is -0.477 e. The highest BCUT2D eigenvalue weighted by atomic mass is 32.1. The summed E-state index contributed by atoms with van der Waals surface area (Å²) >= 11 is 2.84. The number of nitrogens with one attached hydrogen (secondary N) is 1. The van der Waals surface area contributed by atoms with Gasteiger partial charge in [0, 0.05) is 5.38 Å². The molecule has 8 heteroatoms. The fourth-order valence-electron chi connectivity index (χ4n) is 2.34. The topological polar surface area (TPSA) is 88.0 Å². The second-order valence-electron chi connectivity index (χ2n) is 5.10. The Balaban J connectivity index is 1.86. The van der Waals surface area contributed by atoms with E-state index in [1.807, 2.05) is 5.38 Å². The van der Waals surface area contributed by atoms with E-state index in [9.17, 15) is 9.90 Å². The van der Waals surface area contributed by atoms with E-state index in [-0.39, 0.29) is 0 Å². The van der Waals surface area contributed by atoms with Crippen LogP contribution >= 0.6 is 22.7 Å². The molecule has 0 bridgehead atoms. The van der Waals surface area contributed by atoms with Crippen LogP contribution in [-0.2, 0) is 13.0 Å². The number of aromatic carboxylic acids is 1. The zero-order chi connectivity index (χ0) is 16.4. The Morgan fingerprint density at radius 2 is 2.22 bits per heavy atom. The van der Waals surface area contributed by atoms with Crippen LogP contribution in [0.25, 0.3) is 10.2 Å². The highest BCUT2D eigenvalue weighted by molar-refractivity contribution is 7.20. The molecule has 0 saturated carbocycles. The highest BCUT2D eigenvalue weighted by Crippen LogP contribution is 2.33. The van der Waals surface area contributed by atoms with Gasteiger partial charge in [0.1, 0.15) is 21.9 Å². The summed E-state index contributed by atoms with van der Waals surface area (Å²) in [6.07, 6.45) is 3.53. The first kappa shape index (κ1) is 15.8. The molecule has 3 aromatic heterocycles. The molecule has 120 valence electrons. The standard InChI is InChI=1S/C15H16N4O2S2/c1-3-4-10-19-9(6-22-10)5-16-13-11-8(2)12(15(20)21)23-14(11)18-7-17-13/h6-7H,3-5H2,1-2H3,(H,20,21)(H,16,17,18). The van der Waals surface area contributed by atoms with Crippen LogP contribution in [0.4, 0.5) is 5.82 Å². The average Bonchev–Trinajstić information content (AvgIpc) is 3.11. The van der Waals surface area contributed by atoms with Crippen molar-refractivity contribution in [3.63, 3.8) is 0 Å². The van der Waals surface area contributed by atoms with Gasteiger partial charge in [-0.2, -0.15) is 0 Å². The van der Waals surface area contributed by atoms with Crippen LogP contribution in [0.15, 0.2) is 11.7 Å². The molecule has 0 spiro atoms. The van der Waals surface area contributed by atoms with Gasteiger partial charge in [-0.05, 0) is 25.3 Å². The zero-order valence-electron chi connectivity index (χ0n) is 12.8. The first-order chi connectivity index (χ1) is 11.1. The number of anilines is 1. The van der Waals surface area contributed by atoms with E-state index in [1.165, 1.54) is 17.7 Å². The molecule has 0 aliphatic carbocycles. The number of nitrogens with zero attached hydrogens (tertiary/aromatic N) is 3. The molecule has 0 aliphatic heterocycles. The van der Waals surface area contributed by atoms with E-state index < -0.39 is 5.97 Å². The number of hydrogen-bond donors (Lipinski definition) is 2. The Kier molecular flexibility index (Phi) is 4.53. The third kappa shape index (κ3) is 3.18. The number of thiazole rings is 1. The van der Waals surface area contributed by atoms with Crippen molar-refractivity contribution in [2.75, 3.05) is 5.32 Å². The van der Waals surface area contributed by atoms with Crippen molar-refractivity contribution in [1.29, 1.82) is 0 Å². The molecule has 0 unspecified atom stereocenters. The Labute approximate surface area is 141 Å². The van der Waals surface area contributed by atoms with Gasteiger partial charge in [0.05, 0.1) is 22.6 Å². The summed E-state index contributed by atoms with van der Waals surface area (Å²) in [7, 11) is 0. The third-order valence-electron chi connectivity index (χ3n) is 3.42. The minimum absolute atomic E-state index is 0.308. The summed E-state index contributed by atoms with van der Waals surface area (Å²) in [5, 5.41) is 16.5. The van der Waals surface area contributed by atoms with Crippen molar-refractivity contribution in [2.45, 2.75) is 33.2 Å². The van der Waals surface area contributed by atoms with Crippen molar-refractivity contribution in [3.8, 4) is 0 Å². The number of rotatable bonds is 6. The van der Waals surface area contributed by atoms with Crippen LogP contribution in [0.1, 0.15) is 39.3 Å². The van der Waals surface area contributed by atoms with E-state index in [0.29, 0.717) is 27.6 Å². The summed E-state index contributed by atoms with van der Waals surface area (Å²) in [4.78, 5) is 25.3. The highest BCUT2D eigenvalue weighted by Gasteiger charge is 2.18. The molecular formula is C15H16N4O2S2. The maximum atomic E-state index is 11.3. The molecule has 2 N–H and O–H groups in total. The fourth-order valence-corrected chi connectivity index (χ4v) is 4.23. The van der Waals surface area contributed by atoms with Gasteiger partial charge in [0.25, 0.3) is 0 Å². The summed E-state index contributed by atoms with van der Waals surface area (Å²) < 4.78 is 0. The van der Waals surface area contributed by atoms with Gasteiger partial charge in [-0.25, -0.2) is 19.7 Å². The number of aromatic nitrogens is 3. The van der Waals surface area contributed by atoms with Crippen molar-refractivity contribution < 1.29 is 9.90 Å². The van der Waals surface area contributed by atoms with Gasteiger partial charge in [-0.3, -0.25) is 0 Å². The summed E-state index contributed by atoms with van der Waals surface area (Å²) in [5.74, 6) is -0.276. The number of carbonyl (C=O) groups is 1. The molecular weight excluding hydrogens is 332 g/mol. The molecule has 0 saturated heterocycles. The maximum Gasteiger partial charge on any atom is 0.346 e. The van der Waals surface area contributed by atoms with Gasteiger partial charge < -0.3 is 10.4 Å². The van der Waals surface area contributed by atoms with Gasteiger partial charge in [0.2, 0.25) is 0 Å². The van der Waals surface area contributed by atoms with Crippen LogP contribution in [0.3, 0.4) is 0 Å². The van der Waals surface area contributed by atoms with E-state index in [0.717, 1.165) is 28.9 Å². The molecule has 0 fully saturated rings. The zero-order valence-corrected chi connectivity index (χ0v) is 14.4. The van der Waals surface area contributed by atoms with Crippen LogP contribution < -0.4 is 5.32 Å². The normalized spacial score (nSPS) is 11.0. The molecule has 0 radical (unpaired) electrons. The lowest BCUT2D eigenvalue weighted by Gasteiger charge is -2.05. The molecule has 0 aliphatic rings. The second kappa shape index (κ2) is 6.59. The fraction of sp³-hybridized carbons (Fsp3) is 0.333. The lowest BCUT2D eigenvalue weighted by atomic mass is 10.2. The van der Waals surface area contributed by atoms with E-state index in [1.54, 1.807) is 18.3 Å².